The first-order chi connectivity index (χ1) is 13.1. The lowest BCUT2D eigenvalue weighted by molar-refractivity contribution is -0.135. The second-order valence-corrected chi connectivity index (χ2v) is 7.64. The Hall–Kier alpha value is -2.15. The Morgan fingerprint density at radius 3 is 2.93 bits per heavy atom. The summed E-state index contributed by atoms with van der Waals surface area (Å²) in [5.41, 5.74) is 5.42. The number of aryl methyl sites for hydroxylation is 3. The van der Waals surface area contributed by atoms with E-state index in [9.17, 15) is 4.79 Å². The third kappa shape index (κ3) is 3.40. The van der Waals surface area contributed by atoms with Crippen molar-refractivity contribution < 1.29 is 14.1 Å². The van der Waals surface area contributed by atoms with Crippen molar-refractivity contribution in [2.24, 2.45) is 7.05 Å². The zero-order valence-electron chi connectivity index (χ0n) is 16.5. The fourth-order valence-electron chi connectivity index (χ4n) is 4.45. The van der Waals surface area contributed by atoms with Crippen molar-refractivity contribution >= 4 is 5.91 Å². The molecular weight excluding hydrogens is 344 g/mol. The molecule has 0 aliphatic carbocycles. The van der Waals surface area contributed by atoms with Crippen molar-refractivity contribution in [3.05, 3.63) is 34.0 Å². The molecule has 2 aliphatic rings. The number of nitrogens with zero attached hydrogens (tertiary/aromatic N) is 4. The molecule has 4 rings (SSSR count). The number of carbonyl (C=O) groups excluding carboxylic acids is 1. The molecule has 146 valence electrons. The largest absolute Gasteiger partial charge is 0.376 e. The standard InChI is InChI=1S/C20H28N4O3/c1-13-15(14(2)27-22-13)7-8-19(25)24-10-5-4-6-18(24)20-16-12-26-11-9-17(16)23(3)21-20/h18H,4-12H2,1-3H3. The number of likely N-dealkylation sites (tertiary alicyclic amines) is 1. The molecule has 4 heterocycles. The highest BCUT2D eigenvalue weighted by molar-refractivity contribution is 5.77. The molecule has 0 radical (unpaired) electrons. The number of aromatic nitrogens is 3. The Labute approximate surface area is 159 Å². The molecule has 27 heavy (non-hydrogen) atoms. The Bertz CT molecular complexity index is 819. The van der Waals surface area contributed by atoms with Gasteiger partial charge < -0.3 is 14.2 Å². The van der Waals surface area contributed by atoms with Crippen LogP contribution in [0.2, 0.25) is 0 Å². The van der Waals surface area contributed by atoms with E-state index in [-0.39, 0.29) is 11.9 Å². The summed E-state index contributed by atoms with van der Waals surface area (Å²) in [7, 11) is 2.00. The number of ether oxygens (including phenoxy) is 1. The van der Waals surface area contributed by atoms with Gasteiger partial charge in [0.15, 0.2) is 0 Å². The maximum Gasteiger partial charge on any atom is 0.223 e. The van der Waals surface area contributed by atoms with Crippen LogP contribution in [-0.2, 0) is 36.0 Å². The van der Waals surface area contributed by atoms with E-state index < -0.39 is 0 Å². The highest BCUT2D eigenvalue weighted by Crippen LogP contribution is 2.35. The van der Waals surface area contributed by atoms with Crippen LogP contribution < -0.4 is 0 Å². The third-order valence-electron chi connectivity index (χ3n) is 5.94. The van der Waals surface area contributed by atoms with E-state index in [1.807, 2.05) is 30.5 Å². The zero-order chi connectivity index (χ0) is 19.0. The van der Waals surface area contributed by atoms with E-state index in [2.05, 4.69) is 5.16 Å². The highest BCUT2D eigenvalue weighted by atomic mass is 16.5. The predicted molar refractivity (Wildman–Crippen MR) is 99.2 cm³/mol. The Kier molecular flexibility index (Phi) is 5.04. The van der Waals surface area contributed by atoms with Gasteiger partial charge in [-0.3, -0.25) is 9.48 Å². The van der Waals surface area contributed by atoms with E-state index in [0.717, 1.165) is 61.5 Å². The maximum absolute atomic E-state index is 13.1. The predicted octanol–water partition coefficient (Wildman–Crippen LogP) is 2.78. The topological polar surface area (TPSA) is 73.4 Å². The summed E-state index contributed by atoms with van der Waals surface area (Å²) < 4.78 is 12.9. The lowest BCUT2D eigenvalue weighted by Gasteiger charge is -2.35. The van der Waals surface area contributed by atoms with E-state index in [4.69, 9.17) is 14.4 Å². The molecule has 0 bridgehead atoms. The van der Waals surface area contributed by atoms with E-state index in [0.29, 0.717) is 19.4 Å². The summed E-state index contributed by atoms with van der Waals surface area (Å²) in [6.07, 6.45) is 5.20. The molecule has 1 unspecified atom stereocenters. The first-order valence-corrected chi connectivity index (χ1v) is 9.90. The fraction of sp³-hybridized carbons (Fsp3) is 0.650. The number of hydrogen-bond donors (Lipinski definition) is 0. The SMILES string of the molecule is Cc1noc(C)c1CCC(=O)N1CCCCC1c1nn(C)c2c1COCC2. The fourth-order valence-corrected chi connectivity index (χ4v) is 4.45. The van der Waals surface area contributed by atoms with Crippen LogP contribution in [0.25, 0.3) is 0 Å². The number of carbonyl (C=O) groups is 1. The molecule has 2 aliphatic heterocycles. The van der Waals surface area contributed by atoms with Crippen molar-refractivity contribution in [1.29, 1.82) is 0 Å². The third-order valence-corrected chi connectivity index (χ3v) is 5.94. The minimum Gasteiger partial charge on any atom is -0.376 e. The molecule has 0 aromatic carbocycles. The molecule has 2 aromatic heterocycles. The van der Waals surface area contributed by atoms with Crippen LogP contribution in [0.15, 0.2) is 4.52 Å². The van der Waals surface area contributed by atoms with Gasteiger partial charge in [0.1, 0.15) is 5.76 Å². The minimum absolute atomic E-state index is 0.0626. The Morgan fingerprint density at radius 2 is 2.15 bits per heavy atom. The average molecular weight is 372 g/mol. The number of piperidine rings is 1. The quantitative estimate of drug-likeness (QED) is 0.825. The summed E-state index contributed by atoms with van der Waals surface area (Å²) in [6.45, 7) is 5.99. The summed E-state index contributed by atoms with van der Waals surface area (Å²) in [6, 6.07) is 0.0626. The monoisotopic (exact) mass is 372 g/mol. The zero-order valence-corrected chi connectivity index (χ0v) is 16.5. The van der Waals surface area contributed by atoms with Crippen LogP contribution in [0.3, 0.4) is 0 Å². The lowest BCUT2D eigenvalue weighted by atomic mass is 9.94. The molecular formula is C20H28N4O3. The minimum atomic E-state index is 0.0626. The van der Waals surface area contributed by atoms with Gasteiger partial charge in [-0.15, -0.1) is 0 Å². The molecule has 2 aromatic rings. The second kappa shape index (κ2) is 7.46. The molecule has 1 saturated heterocycles. The van der Waals surface area contributed by atoms with Gasteiger partial charge in [0.2, 0.25) is 5.91 Å². The van der Waals surface area contributed by atoms with Gasteiger partial charge in [-0.1, -0.05) is 5.16 Å². The molecule has 0 saturated carbocycles. The average Bonchev–Trinajstić information content (AvgIpc) is 3.19. The Morgan fingerprint density at radius 1 is 1.30 bits per heavy atom. The molecule has 7 heteroatoms. The van der Waals surface area contributed by atoms with Crippen molar-refractivity contribution in [3.8, 4) is 0 Å². The van der Waals surface area contributed by atoms with Crippen LogP contribution in [0, 0.1) is 13.8 Å². The summed E-state index contributed by atoms with van der Waals surface area (Å²) in [5.74, 6) is 1.00. The van der Waals surface area contributed by atoms with E-state index >= 15 is 0 Å². The highest BCUT2D eigenvalue weighted by Gasteiger charge is 2.33. The van der Waals surface area contributed by atoms with Gasteiger partial charge >= 0.3 is 0 Å². The summed E-state index contributed by atoms with van der Waals surface area (Å²) in [5, 5.41) is 8.80. The van der Waals surface area contributed by atoms with E-state index in [1.54, 1.807) is 0 Å². The van der Waals surface area contributed by atoms with Crippen LogP contribution in [-0.4, -0.2) is 38.9 Å². The van der Waals surface area contributed by atoms with Crippen molar-refractivity contribution in [1.82, 2.24) is 19.8 Å². The molecule has 7 nitrogen and oxygen atoms in total. The first-order valence-electron chi connectivity index (χ1n) is 9.90. The number of hydrogen-bond acceptors (Lipinski definition) is 5. The maximum atomic E-state index is 13.1. The molecule has 1 amide bonds. The number of amides is 1. The number of fused-ring (bicyclic) bond motifs is 1. The van der Waals surface area contributed by atoms with Gasteiger partial charge in [0, 0.05) is 43.3 Å². The first kappa shape index (κ1) is 18.2. The van der Waals surface area contributed by atoms with Gasteiger partial charge in [-0.05, 0) is 39.5 Å². The molecule has 1 fully saturated rings. The van der Waals surface area contributed by atoms with Crippen molar-refractivity contribution in [2.75, 3.05) is 13.2 Å². The van der Waals surface area contributed by atoms with Crippen molar-refractivity contribution in [2.45, 2.75) is 65.0 Å². The number of rotatable bonds is 4. The summed E-state index contributed by atoms with van der Waals surface area (Å²) >= 11 is 0. The normalized spacial score (nSPS) is 20.0. The molecule has 0 N–H and O–H groups in total. The van der Waals surface area contributed by atoms with Crippen LogP contribution in [0.1, 0.15) is 65.7 Å². The molecule has 1 atom stereocenters. The van der Waals surface area contributed by atoms with Gasteiger partial charge in [-0.2, -0.15) is 5.10 Å². The van der Waals surface area contributed by atoms with Gasteiger partial charge in [0.25, 0.3) is 0 Å². The van der Waals surface area contributed by atoms with Crippen molar-refractivity contribution in [3.63, 3.8) is 0 Å². The second-order valence-electron chi connectivity index (χ2n) is 7.64. The Balaban J connectivity index is 1.53. The van der Waals surface area contributed by atoms with Crippen LogP contribution in [0.4, 0.5) is 0 Å². The van der Waals surface area contributed by atoms with Gasteiger partial charge in [-0.25, -0.2) is 0 Å². The summed E-state index contributed by atoms with van der Waals surface area (Å²) in [4.78, 5) is 15.1. The van der Waals surface area contributed by atoms with Gasteiger partial charge in [0.05, 0.1) is 30.6 Å². The van der Waals surface area contributed by atoms with E-state index in [1.165, 1.54) is 11.3 Å². The van der Waals surface area contributed by atoms with Crippen LogP contribution >= 0.6 is 0 Å². The smallest absolute Gasteiger partial charge is 0.223 e. The molecule has 0 spiro atoms. The lowest BCUT2D eigenvalue weighted by Crippen LogP contribution is -2.39. The van der Waals surface area contributed by atoms with Crippen LogP contribution in [0.5, 0.6) is 0 Å².